The zero-order valence-electron chi connectivity index (χ0n) is 19.7. The lowest BCUT2D eigenvalue weighted by molar-refractivity contribution is -0.148. The number of para-hydroxylation sites is 1. The largest absolute Gasteiger partial charge is 0.507 e. The number of benzene rings is 1. The fraction of sp³-hybridized carbons (Fsp3) is 0.385. The fourth-order valence-electron chi connectivity index (χ4n) is 5.65. The first-order valence-corrected chi connectivity index (χ1v) is 12.3. The Labute approximate surface area is 208 Å². The normalized spacial score (nSPS) is 24.9. The van der Waals surface area contributed by atoms with Gasteiger partial charge < -0.3 is 30.5 Å². The van der Waals surface area contributed by atoms with Crippen molar-refractivity contribution < 1.29 is 19.7 Å². The number of phenols is 1. The number of carbonyl (C=O) groups is 1. The Hall–Kier alpha value is -4.08. The van der Waals surface area contributed by atoms with E-state index in [0.29, 0.717) is 47.9 Å². The summed E-state index contributed by atoms with van der Waals surface area (Å²) in [5, 5.41) is 27.8. The number of nitrogens with two attached hydrogens (primary N) is 1. The fourth-order valence-corrected chi connectivity index (χ4v) is 5.65. The van der Waals surface area contributed by atoms with Crippen molar-refractivity contribution >= 4 is 23.2 Å². The lowest BCUT2D eigenvalue weighted by atomic mass is 9.82. The van der Waals surface area contributed by atoms with Gasteiger partial charge in [-0.05, 0) is 49.9 Å². The van der Waals surface area contributed by atoms with E-state index in [9.17, 15) is 9.90 Å². The number of rotatable bonds is 6. The summed E-state index contributed by atoms with van der Waals surface area (Å²) in [6, 6.07) is 13.5. The number of carboxylic acids is 1. The molecule has 3 aliphatic rings. The van der Waals surface area contributed by atoms with Crippen molar-refractivity contribution in [2.24, 2.45) is 5.92 Å². The number of nitrogen functional groups attached to an aromatic ring is 1. The van der Waals surface area contributed by atoms with Gasteiger partial charge in [-0.25, -0.2) is 4.98 Å². The molecule has 3 aromatic rings. The lowest BCUT2D eigenvalue weighted by Gasteiger charge is -2.43. The third kappa shape index (κ3) is 4.02. The Morgan fingerprint density at radius 1 is 1.06 bits per heavy atom. The van der Waals surface area contributed by atoms with Gasteiger partial charge in [0.15, 0.2) is 5.82 Å². The van der Waals surface area contributed by atoms with Gasteiger partial charge in [-0.1, -0.05) is 12.1 Å². The minimum absolute atomic E-state index is 0.0946. The molecule has 2 atom stereocenters. The molecular formula is C26H28N6O4. The molecule has 2 aliphatic heterocycles. The molecule has 1 aromatic carbocycles. The zero-order chi connectivity index (χ0) is 24.8. The first-order valence-electron chi connectivity index (χ1n) is 12.3. The van der Waals surface area contributed by atoms with E-state index in [1.54, 1.807) is 18.3 Å². The van der Waals surface area contributed by atoms with Crippen molar-refractivity contribution in [2.75, 3.05) is 28.6 Å². The first kappa shape index (κ1) is 22.4. The minimum Gasteiger partial charge on any atom is -0.507 e. The number of ether oxygens (including phenoxy) is 1. The van der Waals surface area contributed by atoms with Gasteiger partial charge in [0.1, 0.15) is 11.9 Å². The second-order valence-electron chi connectivity index (χ2n) is 9.81. The predicted molar refractivity (Wildman–Crippen MR) is 134 cm³/mol. The van der Waals surface area contributed by atoms with Crippen molar-refractivity contribution in [2.45, 2.75) is 43.9 Å². The van der Waals surface area contributed by atoms with Gasteiger partial charge in [0.05, 0.1) is 17.3 Å². The summed E-state index contributed by atoms with van der Waals surface area (Å²) in [6.45, 7) is 1.57. The number of anilines is 3. The van der Waals surface area contributed by atoms with E-state index in [0.717, 1.165) is 37.3 Å². The molecule has 4 heterocycles. The molecule has 1 saturated carbocycles. The van der Waals surface area contributed by atoms with E-state index in [-0.39, 0.29) is 17.8 Å². The summed E-state index contributed by atoms with van der Waals surface area (Å²) in [5.74, 6) is -0.00402. The van der Waals surface area contributed by atoms with Crippen LogP contribution in [0.1, 0.15) is 25.7 Å². The SMILES string of the molecule is Nc1nnc(-c2ccccc2O)cc1N1CC2CCC(C1)N2c1ccnc(OC2CC(C(=O)O)C2)c1. The van der Waals surface area contributed by atoms with Crippen molar-refractivity contribution in [3.8, 4) is 22.9 Å². The Bertz CT molecular complexity index is 1280. The van der Waals surface area contributed by atoms with Crippen LogP contribution in [0.3, 0.4) is 0 Å². The highest BCUT2D eigenvalue weighted by Crippen LogP contribution is 2.40. The van der Waals surface area contributed by atoms with Crippen LogP contribution in [-0.4, -0.2) is 62.6 Å². The van der Waals surface area contributed by atoms with Crippen LogP contribution in [0.4, 0.5) is 17.2 Å². The predicted octanol–water partition coefficient (Wildman–Crippen LogP) is 2.93. The monoisotopic (exact) mass is 488 g/mol. The van der Waals surface area contributed by atoms with Crippen molar-refractivity contribution in [1.82, 2.24) is 15.2 Å². The number of nitrogens with zero attached hydrogens (tertiary/aromatic N) is 5. The standard InChI is InChI=1S/C26H28N6O4/c27-25-22(12-21(29-30-25)20-3-1-2-4-23(20)33)31-13-17-5-6-18(14-31)32(17)16-7-8-28-24(11-16)36-19-9-15(10-19)26(34)35/h1-4,7-8,11-12,15,17-19,33H,5-6,9-10,13-14H2,(H2,27,30)(H,34,35). The molecule has 0 spiro atoms. The molecule has 3 fully saturated rings. The van der Waals surface area contributed by atoms with Crippen LogP contribution >= 0.6 is 0 Å². The van der Waals surface area contributed by atoms with Crippen LogP contribution in [0.15, 0.2) is 48.7 Å². The maximum Gasteiger partial charge on any atom is 0.306 e. The molecule has 0 radical (unpaired) electrons. The third-order valence-electron chi connectivity index (χ3n) is 7.55. The molecule has 1 aliphatic carbocycles. The molecule has 0 amide bonds. The number of aliphatic carboxylic acids is 1. The summed E-state index contributed by atoms with van der Waals surface area (Å²) in [7, 11) is 0. The number of hydrogen-bond donors (Lipinski definition) is 3. The molecule has 4 N–H and O–H groups in total. The van der Waals surface area contributed by atoms with Crippen LogP contribution in [0, 0.1) is 5.92 Å². The minimum atomic E-state index is -0.760. The zero-order valence-corrected chi connectivity index (χ0v) is 19.7. The highest BCUT2D eigenvalue weighted by atomic mass is 16.5. The lowest BCUT2D eigenvalue weighted by Crippen LogP contribution is -2.54. The average molecular weight is 489 g/mol. The van der Waals surface area contributed by atoms with E-state index < -0.39 is 5.97 Å². The summed E-state index contributed by atoms with van der Waals surface area (Å²) in [5.41, 5.74) is 9.36. The average Bonchev–Trinajstić information content (AvgIpc) is 3.11. The van der Waals surface area contributed by atoms with Gasteiger partial charge in [0.2, 0.25) is 5.88 Å². The van der Waals surface area contributed by atoms with Gasteiger partial charge in [-0.15, -0.1) is 10.2 Å². The third-order valence-corrected chi connectivity index (χ3v) is 7.55. The van der Waals surface area contributed by atoms with E-state index >= 15 is 0 Å². The van der Waals surface area contributed by atoms with Gasteiger partial charge in [-0.3, -0.25) is 4.79 Å². The summed E-state index contributed by atoms with van der Waals surface area (Å²) < 4.78 is 5.96. The molecule has 2 aromatic heterocycles. The molecule has 186 valence electrons. The van der Waals surface area contributed by atoms with Crippen LogP contribution in [0.25, 0.3) is 11.3 Å². The quantitative estimate of drug-likeness (QED) is 0.475. The number of phenolic OH excluding ortho intramolecular Hbond substituents is 1. The van der Waals surface area contributed by atoms with Crippen LogP contribution < -0.4 is 20.3 Å². The number of piperazine rings is 1. The summed E-state index contributed by atoms with van der Waals surface area (Å²) in [6.07, 6.45) is 4.83. The second-order valence-corrected chi connectivity index (χ2v) is 9.81. The first-order chi connectivity index (χ1) is 17.5. The highest BCUT2D eigenvalue weighted by Gasteiger charge is 2.41. The molecule has 2 saturated heterocycles. The summed E-state index contributed by atoms with van der Waals surface area (Å²) in [4.78, 5) is 20.1. The van der Waals surface area contributed by atoms with Gasteiger partial charge in [0.25, 0.3) is 0 Å². The molecule has 10 heteroatoms. The Balaban J connectivity index is 1.19. The maximum absolute atomic E-state index is 11.1. The molecular weight excluding hydrogens is 460 g/mol. The number of hydrogen-bond acceptors (Lipinski definition) is 9. The van der Waals surface area contributed by atoms with Crippen molar-refractivity contribution in [3.63, 3.8) is 0 Å². The number of fused-ring (bicyclic) bond motifs is 2. The Morgan fingerprint density at radius 3 is 2.53 bits per heavy atom. The van der Waals surface area contributed by atoms with Crippen LogP contribution in [-0.2, 0) is 4.79 Å². The highest BCUT2D eigenvalue weighted by molar-refractivity contribution is 5.74. The molecule has 36 heavy (non-hydrogen) atoms. The van der Waals surface area contributed by atoms with Gasteiger partial charge >= 0.3 is 5.97 Å². The number of aromatic nitrogens is 3. The van der Waals surface area contributed by atoms with E-state index in [1.165, 1.54) is 0 Å². The second kappa shape index (κ2) is 8.85. The van der Waals surface area contributed by atoms with E-state index in [2.05, 4.69) is 25.0 Å². The van der Waals surface area contributed by atoms with Gasteiger partial charge in [-0.2, -0.15) is 0 Å². The number of pyridine rings is 1. The smallest absolute Gasteiger partial charge is 0.306 e. The van der Waals surface area contributed by atoms with Crippen molar-refractivity contribution in [1.29, 1.82) is 0 Å². The number of carboxylic acid groups (broad SMARTS) is 1. The van der Waals surface area contributed by atoms with Crippen LogP contribution in [0.5, 0.6) is 11.6 Å². The topological polar surface area (TPSA) is 138 Å². The molecule has 2 unspecified atom stereocenters. The Morgan fingerprint density at radius 2 is 1.81 bits per heavy atom. The maximum atomic E-state index is 11.1. The van der Waals surface area contributed by atoms with Crippen molar-refractivity contribution in [3.05, 3.63) is 48.7 Å². The Kier molecular flexibility index (Phi) is 5.50. The summed E-state index contributed by atoms with van der Waals surface area (Å²) >= 11 is 0. The molecule has 6 rings (SSSR count). The van der Waals surface area contributed by atoms with Crippen LogP contribution in [0.2, 0.25) is 0 Å². The number of aromatic hydroxyl groups is 1. The van der Waals surface area contributed by atoms with E-state index in [4.69, 9.17) is 15.6 Å². The van der Waals surface area contributed by atoms with E-state index in [1.807, 2.05) is 30.3 Å². The molecule has 2 bridgehead atoms. The molecule has 10 nitrogen and oxygen atoms in total. The van der Waals surface area contributed by atoms with Gasteiger partial charge in [0, 0.05) is 48.7 Å².